The van der Waals surface area contributed by atoms with Gasteiger partial charge in [0.25, 0.3) is 0 Å². The minimum absolute atomic E-state index is 0.112. The Morgan fingerprint density at radius 3 is 2.44 bits per heavy atom. The molecule has 0 unspecified atom stereocenters. The Bertz CT molecular complexity index is 761. The molecule has 1 atom stereocenters. The van der Waals surface area contributed by atoms with Gasteiger partial charge in [0, 0.05) is 64.1 Å². The predicted octanol–water partition coefficient (Wildman–Crippen LogP) is 4.23. The van der Waals surface area contributed by atoms with Gasteiger partial charge in [0.1, 0.15) is 5.82 Å². The van der Waals surface area contributed by atoms with Crippen LogP contribution in [0.1, 0.15) is 51.4 Å². The zero-order chi connectivity index (χ0) is 22.5. The average Bonchev–Trinajstić information content (AvgIpc) is 3.06. The first-order chi connectivity index (χ1) is 15.5. The maximum Gasteiger partial charge on any atom is 0.321 e. The van der Waals surface area contributed by atoms with Crippen molar-refractivity contribution in [3.63, 3.8) is 0 Å². The molecule has 32 heavy (non-hydrogen) atoms. The summed E-state index contributed by atoms with van der Waals surface area (Å²) in [4.78, 5) is 21.9. The topological polar surface area (TPSA) is 42.1 Å². The summed E-state index contributed by atoms with van der Waals surface area (Å²) in [5.74, 6) is -0.262. The molecule has 7 heteroatoms. The highest BCUT2D eigenvalue weighted by molar-refractivity contribution is 5.89. The second-order valence-electron chi connectivity index (χ2n) is 9.93. The van der Waals surface area contributed by atoms with Crippen molar-refractivity contribution in [1.29, 1.82) is 0 Å². The Morgan fingerprint density at radius 2 is 1.72 bits per heavy atom. The first-order valence-corrected chi connectivity index (χ1v) is 12.5. The molecule has 0 aromatic heterocycles. The van der Waals surface area contributed by atoms with Crippen molar-refractivity contribution in [2.24, 2.45) is 0 Å². The van der Waals surface area contributed by atoms with Crippen molar-refractivity contribution >= 4 is 17.4 Å². The Morgan fingerprint density at radius 1 is 1.00 bits per heavy atom. The molecule has 0 spiro atoms. The van der Waals surface area contributed by atoms with E-state index in [4.69, 9.17) is 0 Å². The van der Waals surface area contributed by atoms with E-state index in [0.29, 0.717) is 23.5 Å². The second kappa shape index (κ2) is 10.8. The van der Waals surface area contributed by atoms with Gasteiger partial charge >= 0.3 is 6.03 Å². The third-order valence-electron chi connectivity index (χ3n) is 7.69. The van der Waals surface area contributed by atoms with Crippen molar-refractivity contribution < 1.29 is 9.18 Å². The van der Waals surface area contributed by atoms with E-state index in [1.807, 2.05) is 24.1 Å². The van der Waals surface area contributed by atoms with E-state index in [1.54, 1.807) is 0 Å². The zero-order valence-corrected chi connectivity index (χ0v) is 19.9. The normalized spacial score (nSPS) is 24.2. The third-order valence-corrected chi connectivity index (χ3v) is 7.69. The smallest absolute Gasteiger partial charge is 0.321 e. The van der Waals surface area contributed by atoms with Gasteiger partial charge in [-0.15, -0.1) is 0 Å². The molecule has 1 aromatic rings. The van der Waals surface area contributed by atoms with Crippen LogP contribution in [0.4, 0.5) is 20.6 Å². The number of hydrogen-bond acceptors (Lipinski definition) is 4. The molecule has 6 nitrogen and oxygen atoms in total. The van der Waals surface area contributed by atoms with Gasteiger partial charge in [-0.1, -0.05) is 25.7 Å². The predicted molar refractivity (Wildman–Crippen MR) is 129 cm³/mol. The first kappa shape index (κ1) is 23.3. The third kappa shape index (κ3) is 5.73. The Kier molecular flexibility index (Phi) is 7.89. The van der Waals surface area contributed by atoms with Gasteiger partial charge in [-0.05, 0) is 50.9 Å². The molecule has 4 rings (SSSR count). The number of carbonyl (C=O) groups excluding carboxylic acids is 1. The van der Waals surface area contributed by atoms with Crippen LogP contribution in [0.5, 0.6) is 0 Å². The second-order valence-corrected chi connectivity index (χ2v) is 9.93. The van der Waals surface area contributed by atoms with Crippen molar-refractivity contribution in [3.05, 3.63) is 24.0 Å². The maximum atomic E-state index is 14.9. The standard InChI is InChI=1S/C25H40FN5O/c1-28-14-16-30(17-15-28)22-10-6-7-13-31(19-22)25(32)27-20-11-12-24(23(26)18-20)29(2)21-8-4-3-5-9-21/h11-12,18,21-22H,3-10,13-17,19H2,1-2H3,(H,27,32)/t22-/m1/s1. The number of carbonyl (C=O) groups is 1. The Balaban J connectivity index is 1.36. The number of piperazine rings is 1. The average molecular weight is 446 g/mol. The number of nitrogens with one attached hydrogen (secondary N) is 1. The summed E-state index contributed by atoms with van der Waals surface area (Å²) in [5.41, 5.74) is 1.16. The van der Waals surface area contributed by atoms with Crippen molar-refractivity contribution in [1.82, 2.24) is 14.7 Å². The lowest BCUT2D eigenvalue weighted by Crippen LogP contribution is -2.52. The minimum atomic E-state index is -0.262. The number of halogens is 1. The molecule has 2 heterocycles. The summed E-state index contributed by atoms with van der Waals surface area (Å²) >= 11 is 0. The number of anilines is 2. The van der Waals surface area contributed by atoms with Crippen LogP contribution in [0.15, 0.2) is 18.2 Å². The fourth-order valence-electron chi connectivity index (χ4n) is 5.53. The quantitative estimate of drug-likeness (QED) is 0.753. The lowest BCUT2D eigenvalue weighted by molar-refractivity contribution is 0.0948. The highest BCUT2D eigenvalue weighted by Crippen LogP contribution is 2.29. The van der Waals surface area contributed by atoms with E-state index in [9.17, 15) is 9.18 Å². The summed E-state index contributed by atoms with van der Waals surface area (Å²) in [5, 5.41) is 2.96. The molecule has 3 fully saturated rings. The molecule has 2 saturated heterocycles. The molecule has 178 valence electrons. The van der Waals surface area contributed by atoms with Gasteiger partial charge in [0.2, 0.25) is 0 Å². The number of amides is 2. The Hall–Kier alpha value is -1.86. The molecule has 2 amide bonds. The largest absolute Gasteiger partial charge is 0.369 e. The summed E-state index contributed by atoms with van der Waals surface area (Å²) in [6.45, 7) is 5.82. The molecule has 2 aliphatic heterocycles. The van der Waals surface area contributed by atoms with Crippen LogP contribution in [0, 0.1) is 5.82 Å². The lowest BCUT2D eigenvalue weighted by Gasteiger charge is -2.39. The number of nitrogens with zero attached hydrogens (tertiary/aromatic N) is 4. The number of likely N-dealkylation sites (N-methyl/N-ethyl adjacent to an activating group) is 1. The van der Waals surface area contributed by atoms with Crippen LogP contribution in [0.25, 0.3) is 0 Å². The SMILES string of the molecule is CN1CCN([C@@H]2CCCCN(C(=O)Nc3ccc(N(C)C4CCCCC4)c(F)c3)C2)CC1. The molecule has 1 aliphatic carbocycles. The van der Waals surface area contributed by atoms with Crippen molar-refractivity contribution in [2.45, 2.75) is 63.5 Å². The molecule has 1 aromatic carbocycles. The molecule has 0 bridgehead atoms. The highest BCUT2D eigenvalue weighted by atomic mass is 19.1. The molecular weight excluding hydrogens is 405 g/mol. The van der Waals surface area contributed by atoms with Gasteiger partial charge in [-0.3, -0.25) is 4.90 Å². The monoisotopic (exact) mass is 445 g/mol. The van der Waals surface area contributed by atoms with Crippen LogP contribution >= 0.6 is 0 Å². The molecule has 3 aliphatic rings. The number of hydrogen-bond donors (Lipinski definition) is 1. The zero-order valence-electron chi connectivity index (χ0n) is 19.9. The molecule has 0 radical (unpaired) electrons. The van der Waals surface area contributed by atoms with Crippen LogP contribution in [-0.4, -0.2) is 86.2 Å². The maximum absolute atomic E-state index is 14.9. The van der Waals surface area contributed by atoms with Gasteiger partial charge in [0.15, 0.2) is 0 Å². The highest BCUT2D eigenvalue weighted by Gasteiger charge is 2.28. The molecule has 1 N–H and O–H groups in total. The number of likely N-dealkylation sites (tertiary alicyclic amines) is 1. The minimum Gasteiger partial charge on any atom is -0.369 e. The van der Waals surface area contributed by atoms with Gasteiger partial charge in [0.05, 0.1) is 5.69 Å². The van der Waals surface area contributed by atoms with Crippen molar-refractivity contribution in [2.75, 3.05) is 63.6 Å². The van der Waals surface area contributed by atoms with E-state index in [0.717, 1.165) is 71.4 Å². The molecular formula is C25H40FN5O. The Labute approximate surface area is 192 Å². The summed E-state index contributed by atoms with van der Waals surface area (Å²) in [6.07, 6.45) is 9.28. The molecule has 1 saturated carbocycles. The summed E-state index contributed by atoms with van der Waals surface area (Å²) in [7, 11) is 4.16. The van der Waals surface area contributed by atoms with E-state index < -0.39 is 0 Å². The van der Waals surface area contributed by atoms with Crippen LogP contribution in [-0.2, 0) is 0 Å². The fraction of sp³-hybridized carbons (Fsp3) is 0.720. The van der Waals surface area contributed by atoms with Gasteiger partial charge in [-0.25, -0.2) is 9.18 Å². The van der Waals surface area contributed by atoms with E-state index in [1.165, 1.54) is 25.3 Å². The summed E-state index contributed by atoms with van der Waals surface area (Å²) < 4.78 is 14.9. The van der Waals surface area contributed by atoms with Crippen LogP contribution in [0.2, 0.25) is 0 Å². The summed E-state index contributed by atoms with van der Waals surface area (Å²) in [6, 6.07) is 5.84. The van der Waals surface area contributed by atoms with Gasteiger partial charge < -0.3 is 20.0 Å². The van der Waals surface area contributed by atoms with Crippen LogP contribution in [0.3, 0.4) is 0 Å². The van der Waals surface area contributed by atoms with E-state index >= 15 is 0 Å². The van der Waals surface area contributed by atoms with Gasteiger partial charge in [-0.2, -0.15) is 0 Å². The number of rotatable bonds is 4. The number of urea groups is 1. The van der Waals surface area contributed by atoms with Crippen molar-refractivity contribution in [3.8, 4) is 0 Å². The van der Waals surface area contributed by atoms with E-state index in [-0.39, 0.29) is 11.8 Å². The van der Waals surface area contributed by atoms with E-state index in [2.05, 4.69) is 27.1 Å². The fourth-order valence-corrected chi connectivity index (χ4v) is 5.53. The lowest BCUT2D eigenvalue weighted by atomic mass is 9.94. The number of benzene rings is 1. The first-order valence-electron chi connectivity index (χ1n) is 12.5. The van der Waals surface area contributed by atoms with Crippen LogP contribution < -0.4 is 10.2 Å².